The zero-order chi connectivity index (χ0) is 42.4. The van der Waals surface area contributed by atoms with Crippen LogP contribution in [0.1, 0.15) is 34.7 Å². The molecular formula is C45H30F4O9. The summed E-state index contributed by atoms with van der Waals surface area (Å²) in [6.07, 6.45) is -0.703. The molecular weight excluding hydrogens is 760 g/mol. The molecule has 0 aliphatic heterocycles. The van der Waals surface area contributed by atoms with E-state index in [1.807, 2.05) is 6.08 Å². The number of halogens is 4. The van der Waals surface area contributed by atoms with Gasteiger partial charge in [-0.1, -0.05) is 68.2 Å². The minimum atomic E-state index is -5.12. The van der Waals surface area contributed by atoms with Gasteiger partial charge in [-0.2, -0.15) is 17.6 Å². The zero-order valence-corrected chi connectivity index (χ0v) is 30.5. The Morgan fingerprint density at radius 3 is 1.69 bits per heavy atom. The number of rotatable bonds is 12. The lowest BCUT2D eigenvalue weighted by Crippen LogP contribution is -2.23. The highest BCUT2D eigenvalue weighted by atomic mass is 19.4. The van der Waals surface area contributed by atoms with Gasteiger partial charge < -0.3 is 23.7 Å². The van der Waals surface area contributed by atoms with Crippen LogP contribution < -0.4 is 23.7 Å². The van der Waals surface area contributed by atoms with Gasteiger partial charge >= 0.3 is 30.1 Å². The van der Waals surface area contributed by atoms with Gasteiger partial charge in [0.05, 0.1) is 0 Å². The fraction of sp³-hybridized carbons (Fsp3) is 0.0667. The highest BCUT2D eigenvalue weighted by molar-refractivity contribution is 5.92. The largest absolute Gasteiger partial charge is 0.490 e. The quantitative estimate of drug-likeness (QED) is 0.0458. The highest BCUT2D eigenvalue weighted by Crippen LogP contribution is 2.33. The van der Waals surface area contributed by atoms with E-state index in [-0.39, 0.29) is 40.4 Å². The Labute approximate surface area is 330 Å². The number of ether oxygens (including phenoxy) is 5. The Bertz CT molecular complexity index is 2440. The molecule has 0 aliphatic carbocycles. The number of hydrogen-bond donors (Lipinski definition) is 0. The number of alkyl halides is 3. The van der Waals surface area contributed by atoms with Crippen LogP contribution in [0, 0.1) is 23.7 Å². The predicted octanol–water partition coefficient (Wildman–Crippen LogP) is 8.56. The third kappa shape index (κ3) is 12.9. The van der Waals surface area contributed by atoms with E-state index in [2.05, 4.69) is 50.0 Å². The van der Waals surface area contributed by atoms with Crippen molar-refractivity contribution >= 4 is 30.0 Å². The van der Waals surface area contributed by atoms with Crippen molar-refractivity contribution in [3.8, 4) is 52.4 Å². The minimum absolute atomic E-state index is 0.0430. The molecule has 0 radical (unpaired) electrons. The minimum Gasteiger partial charge on any atom is -0.490 e. The maximum atomic E-state index is 13.3. The Morgan fingerprint density at radius 1 is 0.655 bits per heavy atom. The molecule has 0 spiro atoms. The van der Waals surface area contributed by atoms with E-state index < -0.39 is 47.2 Å². The van der Waals surface area contributed by atoms with E-state index in [1.165, 1.54) is 30.3 Å². The van der Waals surface area contributed by atoms with Crippen molar-refractivity contribution in [2.45, 2.75) is 13.1 Å². The summed E-state index contributed by atoms with van der Waals surface area (Å²) in [7, 11) is 0. The lowest BCUT2D eigenvalue weighted by atomic mass is 10.1. The number of esters is 4. The van der Waals surface area contributed by atoms with E-state index in [0.29, 0.717) is 17.1 Å². The van der Waals surface area contributed by atoms with Crippen LogP contribution in [0.5, 0.6) is 28.7 Å². The first kappa shape index (κ1) is 42.8. The van der Waals surface area contributed by atoms with E-state index >= 15 is 0 Å². The molecule has 4 aromatic carbocycles. The molecule has 4 rings (SSSR count). The van der Waals surface area contributed by atoms with Gasteiger partial charge in [0, 0.05) is 28.3 Å². The second kappa shape index (κ2) is 19.6. The lowest BCUT2D eigenvalue weighted by Gasteiger charge is -2.13. The maximum absolute atomic E-state index is 13.3. The second-order valence-electron chi connectivity index (χ2n) is 11.6. The molecule has 0 heterocycles. The van der Waals surface area contributed by atoms with Gasteiger partial charge in [-0.3, -0.25) is 0 Å². The van der Waals surface area contributed by atoms with Crippen LogP contribution in [0.15, 0.2) is 140 Å². The van der Waals surface area contributed by atoms with E-state index in [9.17, 15) is 36.7 Å². The molecule has 13 heteroatoms. The van der Waals surface area contributed by atoms with Crippen LogP contribution in [-0.4, -0.2) is 36.7 Å². The van der Waals surface area contributed by atoms with Gasteiger partial charge in [-0.25, -0.2) is 19.2 Å². The first-order chi connectivity index (χ1) is 27.5. The van der Waals surface area contributed by atoms with Crippen molar-refractivity contribution in [1.82, 2.24) is 0 Å². The Morgan fingerprint density at radius 2 is 1.16 bits per heavy atom. The molecule has 0 aromatic heterocycles. The van der Waals surface area contributed by atoms with Gasteiger partial charge in [0.15, 0.2) is 11.5 Å². The highest BCUT2D eigenvalue weighted by Gasteiger charge is 2.38. The monoisotopic (exact) mass is 790 g/mol. The third-order valence-electron chi connectivity index (χ3n) is 7.15. The molecule has 0 bridgehead atoms. The molecule has 292 valence electrons. The van der Waals surface area contributed by atoms with Crippen LogP contribution in [-0.2, 0) is 19.2 Å². The van der Waals surface area contributed by atoms with Crippen LogP contribution in [0.25, 0.3) is 6.08 Å². The Kier molecular flexibility index (Phi) is 14.5. The summed E-state index contributed by atoms with van der Waals surface area (Å²) in [6, 6.07) is 21.1. The fourth-order valence-corrected chi connectivity index (χ4v) is 4.23. The molecule has 0 fully saturated rings. The maximum Gasteiger partial charge on any atom is 0.422 e. The summed E-state index contributed by atoms with van der Waals surface area (Å²) in [5.41, 5.74) is -0.222. The fourth-order valence-electron chi connectivity index (χ4n) is 4.23. The predicted molar refractivity (Wildman–Crippen MR) is 205 cm³/mol. The van der Waals surface area contributed by atoms with Gasteiger partial charge in [-0.15, -0.1) is 0 Å². The summed E-state index contributed by atoms with van der Waals surface area (Å²) in [5, 5.41) is 0. The Hall–Kier alpha value is -7.90. The van der Waals surface area contributed by atoms with Crippen molar-refractivity contribution in [2.24, 2.45) is 0 Å². The molecule has 0 saturated carbocycles. The SMILES string of the molecule is C=CC(=O)Oc1cc(C#Cc2ccc(OCC=Cc3ccc(OC(=O)C(=C)C)cc3)cc2)cc(OC(=O)C(=C)C(F)(F)F)c1C#Cc1ccc(OC(=O)C(=C)F)cc1. The summed E-state index contributed by atoms with van der Waals surface area (Å²) in [4.78, 5) is 48.0. The van der Waals surface area contributed by atoms with Gasteiger partial charge in [-0.05, 0) is 91.4 Å². The molecule has 4 aromatic rings. The third-order valence-corrected chi connectivity index (χ3v) is 7.15. The molecule has 0 atom stereocenters. The van der Waals surface area contributed by atoms with Crippen molar-refractivity contribution in [2.75, 3.05) is 6.61 Å². The summed E-state index contributed by atoms with van der Waals surface area (Å²) >= 11 is 0. The summed E-state index contributed by atoms with van der Waals surface area (Å²) in [5.74, 6) is 4.97. The van der Waals surface area contributed by atoms with Crippen LogP contribution in [0.4, 0.5) is 17.6 Å². The van der Waals surface area contributed by atoms with Crippen molar-refractivity contribution < 1.29 is 60.4 Å². The first-order valence-corrected chi connectivity index (χ1v) is 16.6. The smallest absolute Gasteiger partial charge is 0.422 e. The number of carbonyl (C=O) groups excluding carboxylic acids is 4. The average Bonchev–Trinajstić information content (AvgIpc) is 3.19. The van der Waals surface area contributed by atoms with Crippen LogP contribution in [0.3, 0.4) is 0 Å². The lowest BCUT2D eigenvalue weighted by molar-refractivity contribution is -0.142. The van der Waals surface area contributed by atoms with Gasteiger partial charge in [0.2, 0.25) is 5.83 Å². The van der Waals surface area contributed by atoms with E-state index in [4.69, 9.17) is 23.7 Å². The number of benzene rings is 4. The van der Waals surface area contributed by atoms with Gasteiger partial charge in [0.25, 0.3) is 0 Å². The second-order valence-corrected chi connectivity index (χ2v) is 11.6. The molecule has 0 amide bonds. The number of carbonyl (C=O) groups is 4. The molecule has 9 nitrogen and oxygen atoms in total. The van der Waals surface area contributed by atoms with Gasteiger partial charge in [0.1, 0.15) is 35.0 Å². The molecule has 0 N–H and O–H groups in total. The van der Waals surface area contributed by atoms with E-state index in [1.54, 1.807) is 61.5 Å². The number of hydrogen-bond acceptors (Lipinski definition) is 9. The molecule has 0 aliphatic rings. The molecule has 58 heavy (non-hydrogen) atoms. The normalized spacial score (nSPS) is 10.4. The van der Waals surface area contributed by atoms with Crippen molar-refractivity contribution in [1.29, 1.82) is 0 Å². The summed E-state index contributed by atoms with van der Waals surface area (Å²) in [6.45, 7) is 14.3. The first-order valence-electron chi connectivity index (χ1n) is 16.6. The molecule has 0 saturated heterocycles. The van der Waals surface area contributed by atoms with Crippen molar-refractivity contribution in [3.63, 3.8) is 0 Å². The Balaban J connectivity index is 1.58. The van der Waals surface area contributed by atoms with Crippen LogP contribution in [0.2, 0.25) is 0 Å². The van der Waals surface area contributed by atoms with Crippen LogP contribution >= 0.6 is 0 Å². The van der Waals surface area contributed by atoms with E-state index in [0.717, 1.165) is 17.7 Å². The molecule has 0 unspecified atom stereocenters. The topological polar surface area (TPSA) is 114 Å². The van der Waals surface area contributed by atoms with Crippen molar-refractivity contribution in [3.05, 3.63) is 168 Å². The standard InChI is InChI=1S/C45H30F4O9/c1-6-41(50)57-39-26-34(10-9-32-11-18-35(19-12-32)54-25-7-8-31-13-20-36(21-14-31)55-42(51)28(2)3)27-40(58-43(52)29(4)45(47,48)49)38(39)24-17-33-15-22-37(23-16-33)56-44(53)30(5)46/h6-8,11-16,18-23,26-27H,1-2,4-5,25H2,3H3. The zero-order valence-electron chi connectivity index (χ0n) is 30.5. The summed E-state index contributed by atoms with van der Waals surface area (Å²) < 4.78 is 79.2. The average molecular weight is 791 g/mol.